The molecule has 0 atom stereocenters. The molecule has 1 aromatic rings. The van der Waals surface area contributed by atoms with E-state index >= 15 is 0 Å². The van der Waals surface area contributed by atoms with Gasteiger partial charge in [-0.05, 0) is 51.0 Å². The maximum Gasteiger partial charge on any atom is 0.242 e. The molecule has 0 aromatic carbocycles. The highest BCUT2D eigenvalue weighted by atomic mass is 32.2. The first kappa shape index (κ1) is 16.4. The average molecular weight is 312 g/mol. The lowest BCUT2D eigenvalue weighted by atomic mass is 10.1. The summed E-state index contributed by atoms with van der Waals surface area (Å²) in [5, 5.41) is 0. The van der Waals surface area contributed by atoms with Gasteiger partial charge < -0.3 is 10.6 Å². The summed E-state index contributed by atoms with van der Waals surface area (Å²) in [5.41, 5.74) is 6.15. The van der Waals surface area contributed by atoms with Crippen LogP contribution in [0.4, 0.5) is 0 Å². The molecular weight excluding hydrogens is 288 g/mol. The SMILES string of the molecule is CCCN1CCC(NS(=O)(=O)c2ccc(CN)nc2)CC1. The van der Waals surface area contributed by atoms with Crippen LogP contribution in [0.1, 0.15) is 31.9 Å². The van der Waals surface area contributed by atoms with Crippen molar-refractivity contribution >= 4 is 10.0 Å². The summed E-state index contributed by atoms with van der Waals surface area (Å²) in [6, 6.07) is 3.22. The number of piperidine rings is 1. The van der Waals surface area contributed by atoms with Crippen molar-refractivity contribution in [2.45, 2.75) is 43.7 Å². The largest absolute Gasteiger partial charge is 0.325 e. The van der Waals surface area contributed by atoms with Crippen LogP contribution in [0, 0.1) is 0 Å². The molecule has 3 N–H and O–H groups in total. The van der Waals surface area contributed by atoms with Crippen LogP contribution >= 0.6 is 0 Å². The molecule has 1 aromatic heterocycles. The van der Waals surface area contributed by atoms with Crippen molar-refractivity contribution in [2.24, 2.45) is 5.73 Å². The van der Waals surface area contributed by atoms with E-state index in [1.807, 2.05) is 0 Å². The van der Waals surface area contributed by atoms with Gasteiger partial charge in [0, 0.05) is 18.8 Å². The minimum absolute atomic E-state index is 0.0114. The van der Waals surface area contributed by atoms with Gasteiger partial charge in [0.1, 0.15) is 4.90 Å². The Labute approximate surface area is 126 Å². The molecule has 21 heavy (non-hydrogen) atoms. The fraction of sp³-hybridized carbons (Fsp3) is 0.643. The number of nitrogens with zero attached hydrogens (tertiary/aromatic N) is 2. The molecule has 6 nitrogen and oxygen atoms in total. The zero-order valence-electron chi connectivity index (χ0n) is 12.5. The van der Waals surface area contributed by atoms with E-state index in [-0.39, 0.29) is 10.9 Å². The summed E-state index contributed by atoms with van der Waals surface area (Å²) in [6.45, 7) is 5.46. The Kier molecular flexibility index (Phi) is 5.69. The van der Waals surface area contributed by atoms with E-state index in [4.69, 9.17) is 5.73 Å². The molecule has 0 unspecified atom stereocenters. The minimum Gasteiger partial charge on any atom is -0.325 e. The number of hydrogen-bond donors (Lipinski definition) is 2. The molecule has 0 spiro atoms. The Morgan fingerprint density at radius 1 is 1.38 bits per heavy atom. The first-order valence-electron chi connectivity index (χ1n) is 7.45. The highest BCUT2D eigenvalue weighted by Gasteiger charge is 2.24. The van der Waals surface area contributed by atoms with Gasteiger partial charge in [0.25, 0.3) is 0 Å². The number of rotatable bonds is 6. The zero-order chi connectivity index (χ0) is 15.3. The van der Waals surface area contributed by atoms with E-state index in [2.05, 4.69) is 21.5 Å². The van der Waals surface area contributed by atoms with E-state index in [0.717, 1.165) is 38.9 Å². The maximum atomic E-state index is 12.3. The van der Waals surface area contributed by atoms with Gasteiger partial charge >= 0.3 is 0 Å². The zero-order valence-corrected chi connectivity index (χ0v) is 13.3. The van der Waals surface area contributed by atoms with Gasteiger partial charge in [0.2, 0.25) is 10.0 Å². The van der Waals surface area contributed by atoms with Crippen molar-refractivity contribution < 1.29 is 8.42 Å². The fourth-order valence-corrected chi connectivity index (χ4v) is 3.82. The summed E-state index contributed by atoms with van der Waals surface area (Å²) >= 11 is 0. The Morgan fingerprint density at radius 2 is 2.10 bits per heavy atom. The number of sulfonamides is 1. The van der Waals surface area contributed by atoms with Crippen molar-refractivity contribution in [1.29, 1.82) is 0 Å². The van der Waals surface area contributed by atoms with Gasteiger partial charge in [-0.2, -0.15) is 0 Å². The lowest BCUT2D eigenvalue weighted by molar-refractivity contribution is 0.208. The predicted molar refractivity (Wildman–Crippen MR) is 82.2 cm³/mol. The first-order chi connectivity index (χ1) is 10.0. The third kappa shape index (κ3) is 4.47. The third-order valence-corrected chi connectivity index (χ3v) is 5.27. The summed E-state index contributed by atoms with van der Waals surface area (Å²) in [7, 11) is -3.49. The second-order valence-corrected chi connectivity index (χ2v) is 7.14. The lowest BCUT2D eigenvalue weighted by Crippen LogP contribution is -2.44. The fourth-order valence-electron chi connectivity index (χ4n) is 2.57. The van der Waals surface area contributed by atoms with Gasteiger partial charge in [0.05, 0.1) is 5.69 Å². The van der Waals surface area contributed by atoms with E-state index in [1.54, 1.807) is 12.1 Å². The van der Waals surface area contributed by atoms with E-state index in [0.29, 0.717) is 12.2 Å². The standard InChI is InChI=1S/C14H24N4O2S/c1-2-7-18-8-5-12(6-9-18)17-21(19,20)14-4-3-13(10-15)16-11-14/h3-4,11-12,17H,2,5-10,15H2,1H3. The summed E-state index contributed by atoms with van der Waals surface area (Å²) in [6.07, 6.45) is 4.22. The molecule has 0 bridgehead atoms. The number of likely N-dealkylation sites (tertiary alicyclic amines) is 1. The van der Waals surface area contributed by atoms with Crippen LogP contribution < -0.4 is 10.5 Å². The van der Waals surface area contributed by atoms with Gasteiger partial charge in [-0.15, -0.1) is 0 Å². The smallest absolute Gasteiger partial charge is 0.242 e. The Morgan fingerprint density at radius 3 is 2.62 bits per heavy atom. The average Bonchev–Trinajstić information content (AvgIpc) is 2.49. The highest BCUT2D eigenvalue weighted by molar-refractivity contribution is 7.89. The summed E-state index contributed by atoms with van der Waals surface area (Å²) < 4.78 is 27.4. The van der Waals surface area contributed by atoms with Gasteiger partial charge in [0.15, 0.2) is 0 Å². The number of aromatic nitrogens is 1. The van der Waals surface area contributed by atoms with E-state index in [1.165, 1.54) is 6.20 Å². The van der Waals surface area contributed by atoms with Crippen LogP contribution in [0.3, 0.4) is 0 Å². The Bertz CT molecular complexity index is 537. The third-order valence-electron chi connectivity index (χ3n) is 3.77. The molecule has 7 heteroatoms. The molecule has 1 fully saturated rings. The summed E-state index contributed by atoms with van der Waals surface area (Å²) in [5.74, 6) is 0. The van der Waals surface area contributed by atoms with Gasteiger partial charge in [-0.25, -0.2) is 13.1 Å². The molecule has 2 heterocycles. The van der Waals surface area contributed by atoms with Gasteiger partial charge in [-0.1, -0.05) is 6.92 Å². The quantitative estimate of drug-likeness (QED) is 0.807. The number of nitrogens with one attached hydrogen (secondary N) is 1. The molecule has 118 valence electrons. The number of hydrogen-bond acceptors (Lipinski definition) is 5. The van der Waals surface area contributed by atoms with Crippen LogP contribution in [0.5, 0.6) is 0 Å². The normalized spacial score (nSPS) is 18.0. The van der Waals surface area contributed by atoms with Crippen molar-refractivity contribution in [3.05, 3.63) is 24.0 Å². The highest BCUT2D eigenvalue weighted by Crippen LogP contribution is 2.15. The predicted octanol–water partition coefficient (Wildman–Crippen LogP) is 0.693. The van der Waals surface area contributed by atoms with Crippen molar-refractivity contribution in [2.75, 3.05) is 19.6 Å². The molecule has 1 aliphatic rings. The summed E-state index contributed by atoms with van der Waals surface area (Å²) in [4.78, 5) is 6.62. The van der Waals surface area contributed by atoms with E-state index in [9.17, 15) is 8.42 Å². The second-order valence-electron chi connectivity index (χ2n) is 5.43. The second kappa shape index (κ2) is 7.31. The van der Waals surface area contributed by atoms with Crippen molar-refractivity contribution in [3.63, 3.8) is 0 Å². The van der Waals surface area contributed by atoms with Crippen LogP contribution in [-0.4, -0.2) is 44.0 Å². The molecule has 0 aliphatic carbocycles. The van der Waals surface area contributed by atoms with Crippen molar-refractivity contribution in [3.8, 4) is 0 Å². The Hall–Kier alpha value is -1.02. The molecule has 1 aliphatic heterocycles. The van der Waals surface area contributed by atoms with Crippen molar-refractivity contribution in [1.82, 2.24) is 14.6 Å². The van der Waals surface area contributed by atoms with Crippen LogP contribution in [0.15, 0.2) is 23.2 Å². The topological polar surface area (TPSA) is 88.3 Å². The molecular formula is C14H24N4O2S. The lowest BCUT2D eigenvalue weighted by Gasteiger charge is -2.31. The molecule has 0 radical (unpaired) electrons. The number of nitrogens with two attached hydrogens (primary N) is 1. The molecule has 0 saturated carbocycles. The first-order valence-corrected chi connectivity index (χ1v) is 8.93. The number of pyridine rings is 1. The molecule has 0 amide bonds. The van der Waals surface area contributed by atoms with Crippen LogP contribution in [0.2, 0.25) is 0 Å². The van der Waals surface area contributed by atoms with Crippen LogP contribution in [0.25, 0.3) is 0 Å². The van der Waals surface area contributed by atoms with E-state index < -0.39 is 10.0 Å². The maximum absolute atomic E-state index is 12.3. The Balaban J connectivity index is 1.95. The monoisotopic (exact) mass is 312 g/mol. The van der Waals surface area contributed by atoms with Gasteiger partial charge in [-0.3, -0.25) is 4.98 Å². The molecule has 1 saturated heterocycles. The minimum atomic E-state index is -3.49. The molecule has 2 rings (SSSR count). The van der Waals surface area contributed by atoms with Crippen LogP contribution in [-0.2, 0) is 16.6 Å².